The Kier molecular flexibility index (Phi) is 4.67. The van der Waals surface area contributed by atoms with Gasteiger partial charge in [0.25, 0.3) is 0 Å². The van der Waals surface area contributed by atoms with E-state index < -0.39 is 0 Å². The Morgan fingerprint density at radius 2 is 2.12 bits per heavy atom. The molecular formula is C17H13Cl2N5OS. The molecule has 1 aromatic carbocycles. The van der Waals surface area contributed by atoms with E-state index >= 15 is 0 Å². The van der Waals surface area contributed by atoms with Crippen LogP contribution < -0.4 is 10.1 Å². The quantitative estimate of drug-likeness (QED) is 0.516. The molecule has 3 heterocycles. The summed E-state index contributed by atoms with van der Waals surface area (Å²) in [6.07, 6.45) is 5.13. The van der Waals surface area contributed by atoms with E-state index in [1.165, 1.54) is 11.3 Å². The average molecular weight is 406 g/mol. The number of nitrogens with one attached hydrogen (secondary N) is 1. The summed E-state index contributed by atoms with van der Waals surface area (Å²) < 4.78 is 7.60. The number of methoxy groups -OCH3 is 1. The largest absolute Gasteiger partial charge is 0.495 e. The molecule has 0 radical (unpaired) electrons. The Labute approximate surface area is 163 Å². The third kappa shape index (κ3) is 3.33. The van der Waals surface area contributed by atoms with E-state index in [0.29, 0.717) is 33.4 Å². The number of thiophene rings is 1. The van der Waals surface area contributed by atoms with Crippen molar-refractivity contribution in [2.24, 2.45) is 0 Å². The summed E-state index contributed by atoms with van der Waals surface area (Å²) in [5.74, 6) is 1.88. The van der Waals surface area contributed by atoms with E-state index in [1.807, 2.05) is 24.3 Å². The van der Waals surface area contributed by atoms with Crippen LogP contribution in [-0.2, 0) is 6.54 Å². The highest BCUT2D eigenvalue weighted by Gasteiger charge is 2.12. The van der Waals surface area contributed by atoms with Crippen molar-refractivity contribution < 1.29 is 4.74 Å². The molecule has 0 aliphatic rings. The van der Waals surface area contributed by atoms with E-state index in [0.717, 1.165) is 15.8 Å². The summed E-state index contributed by atoms with van der Waals surface area (Å²) in [5.41, 5.74) is 1.01. The molecule has 4 rings (SSSR count). The molecule has 0 aliphatic heterocycles. The van der Waals surface area contributed by atoms with Gasteiger partial charge in [-0.2, -0.15) is 4.98 Å². The molecule has 4 aromatic rings. The number of rotatable bonds is 5. The lowest BCUT2D eigenvalue weighted by atomic mass is 10.2. The zero-order chi connectivity index (χ0) is 18.1. The molecule has 0 atom stereocenters. The molecule has 3 aromatic heterocycles. The topological polar surface area (TPSA) is 64.9 Å². The zero-order valence-electron chi connectivity index (χ0n) is 13.6. The Balaban J connectivity index is 1.67. The van der Waals surface area contributed by atoms with Crippen molar-refractivity contribution in [1.82, 2.24) is 19.5 Å². The van der Waals surface area contributed by atoms with E-state index in [9.17, 15) is 0 Å². The van der Waals surface area contributed by atoms with Gasteiger partial charge in [0, 0.05) is 18.9 Å². The Morgan fingerprint density at radius 3 is 2.85 bits per heavy atom. The van der Waals surface area contributed by atoms with Crippen LogP contribution in [0.5, 0.6) is 5.75 Å². The fraction of sp³-hybridized carbons (Fsp3) is 0.118. The smallest absolute Gasteiger partial charge is 0.238 e. The maximum atomic E-state index is 6.20. The molecule has 6 nitrogen and oxygen atoms in total. The van der Waals surface area contributed by atoms with Gasteiger partial charge >= 0.3 is 0 Å². The third-order valence-electron chi connectivity index (χ3n) is 3.76. The second-order valence-corrected chi connectivity index (χ2v) is 7.50. The van der Waals surface area contributed by atoms with Crippen LogP contribution in [0.3, 0.4) is 0 Å². The number of halogens is 2. The van der Waals surface area contributed by atoms with Crippen molar-refractivity contribution in [2.45, 2.75) is 6.54 Å². The van der Waals surface area contributed by atoms with Crippen LogP contribution >= 0.6 is 34.5 Å². The normalized spacial score (nSPS) is 11.0. The maximum Gasteiger partial charge on any atom is 0.238 e. The van der Waals surface area contributed by atoms with Gasteiger partial charge < -0.3 is 10.1 Å². The summed E-state index contributed by atoms with van der Waals surface area (Å²) in [5, 5.41) is 4.79. The SMILES string of the molecule is COc1ccc(CNc2nc(-n3ccnc3)nc3sc(Cl)cc23)cc1Cl. The maximum absolute atomic E-state index is 6.20. The Morgan fingerprint density at radius 1 is 1.23 bits per heavy atom. The molecule has 0 aliphatic carbocycles. The first-order valence-corrected chi connectivity index (χ1v) is 9.23. The second kappa shape index (κ2) is 7.11. The summed E-state index contributed by atoms with van der Waals surface area (Å²) in [4.78, 5) is 14.0. The molecule has 9 heteroatoms. The summed E-state index contributed by atoms with van der Waals surface area (Å²) in [6, 6.07) is 7.52. The first-order chi connectivity index (χ1) is 12.6. The highest BCUT2D eigenvalue weighted by Crippen LogP contribution is 2.33. The number of nitrogens with zero attached hydrogens (tertiary/aromatic N) is 4. The molecule has 0 fully saturated rings. The standard InChI is InChI=1S/C17H13Cl2N5OS/c1-25-13-3-2-10(6-12(13)18)8-21-15-11-7-14(19)26-16(11)23-17(22-15)24-5-4-20-9-24/h2-7,9H,8H2,1H3,(H,21,22,23). The molecule has 0 unspecified atom stereocenters. The minimum Gasteiger partial charge on any atom is -0.495 e. The van der Waals surface area contributed by atoms with Crippen LogP contribution in [0.15, 0.2) is 43.0 Å². The lowest BCUT2D eigenvalue weighted by molar-refractivity contribution is 0.415. The van der Waals surface area contributed by atoms with Crippen molar-refractivity contribution in [2.75, 3.05) is 12.4 Å². The van der Waals surface area contributed by atoms with Crippen molar-refractivity contribution in [3.63, 3.8) is 0 Å². The van der Waals surface area contributed by atoms with E-state index in [-0.39, 0.29) is 0 Å². The van der Waals surface area contributed by atoms with Crippen LogP contribution in [0.4, 0.5) is 5.82 Å². The van der Waals surface area contributed by atoms with Crippen molar-refractivity contribution in [1.29, 1.82) is 0 Å². The number of aromatic nitrogens is 4. The van der Waals surface area contributed by atoms with Gasteiger partial charge in [-0.05, 0) is 23.8 Å². The van der Waals surface area contributed by atoms with Gasteiger partial charge in [-0.25, -0.2) is 9.97 Å². The second-order valence-electron chi connectivity index (χ2n) is 5.43. The average Bonchev–Trinajstić information content (AvgIpc) is 3.28. The van der Waals surface area contributed by atoms with Crippen molar-refractivity contribution >= 4 is 50.6 Å². The van der Waals surface area contributed by atoms with Gasteiger partial charge in [0.1, 0.15) is 22.7 Å². The highest BCUT2D eigenvalue weighted by atomic mass is 35.5. The molecule has 132 valence electrons. The molecule has 26 heavy (non-hydrogen) atoms. The number of ether oxygens (including phenoxy) is 1. The van der Waals surface area contributed by atoms with E-state index in [2.05, 4.69) is 20.3 Å². The predicted octanol–water partition coefficient (Wildman–Crippen LogP) is 4.80. The number of imidazole rings is 1. The molecule has 0 spiro atoms. The van der Waals surface area contributed by atoms with Crippen LogP contribution in [-0.4, -0.2) is 26.6 Å². The Hall–Kier alpha value is -2.35. The first-order valence-electron chi connectivity index (χ1n) is 7.66. The third-order valence-corrected chi connectivity index (χ3v) is 5.22. The van der Waals surface area contributed by atoms with Crippen molar-refractivity contribution in [3.8, 4) is 11.7 Å². The summed E-state index contributed by atoms with van der Waals surface area (Å²) in [6.45, 7) is 0.548. The summed E-state index contributed by atoms with van der Waals surface area (Å²) >= 11 is 13.8. The lowest BCUT2D eigenvalue weighted by Gasteiger charge is -2.10. The molecule has 0 saturated carbocycles. The van der Waals surface area contributed by atoms with Crippen LogP contribution in [0.25, 0.3) is 16.2 Å². The van der Waals surface area contributed by atoms with Gasteiger partial charge in [-0.3, -0.25) is 4.57 Å². The summed E-state index contributed by atoms with van der Waals surface area (Å²) in [7, 11) is 1.59. The van der Waals surface area contributed by atoms with Gasteiger partial charge in [0.05, 0.1) is 21.9 Å². The molecule has 1 N–H and O–H groups in total. The van der Waals surface area contributed by atoms with E-state index in [1.54, 1.807) is 30.4 Å². The van der Waals surface area contributed by atoms with Gasteiger partial charge in [-0.1, -0.05) is 29.3 Å². The fourth-order valence-electron chi connectivity index (χ4n) is 2.51. The highest BCUT2D eigenvalue weighted by molar-refractivity contribution is 7.22. The van der Waals surface area contributed by atoms with Crippen LogP contribution in [0.2, 0.25) is 9.36 Å². The van der Waals surface area contributed by atoms with Crippen LogP contribution in [0.1, 0.15) is 5.56 Å². The van der Waals surface area contributed by atoms with Gasteiger partial charge in [-0.15, -0.1) is 11.3 Å². The van der Waals surface area contributed by atoms with Crippen LogP contribution in [0, 0.1) is 0 Å². The molecular weight excluding hydrogens is 393 g/mol. The zero-order valence-corrected chi connectivity index (χ0v) is 15.9. The Bertz CT molecular complexity index is 1060. The predicted molar refractivity (Wildman–Crippen MR) is 105 cm³/mol. The first kappa shape index (κ1) is 17.1. The van der Waals surface area contributed by atoms with Crippen molar-refractivity contribution in [3.05, 3.63) is 57.9 Å². The van der Waals surface area contributed by atoms with Gasteiger partial charge in [0.2, 0.25) is 5.95 Å². The minimum absolute atomic E-state index is 0.531. The number of fused-ring (bicyclic) bond motifs is 1. The van der Waals surface area contributed by atoms with Gasteiger partial charge in [0.15, 0.2) is 0 Å². The monoisotopic (exact) mass is 405 g/mol. The molecule has 0 amide bonds. The molecule has 0 saturated heterocycles. The van der Waals surface area contributed by atoms with E-state index in [4.69, 9.17) is 27.9 Å². The number of hydrogen-bond donors (Lipinski definition) is 1. The minimum atomic E-state index is 0.531. The molecule has 0 bridgehead atoms. The number of anilines is 1. The number of hydrogen-bond acceptors (Lipinski definition) is 6. The fourth-order valence-corrected chi connectivity index (χ4v) is 3.88. The lowest BCUT2D eigenvalue weighted by Crippen LogP contribution is -2.06. The number of benzene rings is 1.